The summed E-state index contributed by atoms with van der Waals surface area (Å²) in [5.74, 6) is 0.796. The van der Waals surface area contributed by atoms with Crippen molar-refractivity contribution in [2.24, 2.45) is 0 Å². The third kappa shape index (κ3) is 5.03. The van der Waals surface area contributed by atoms with Crippen molar-refractivity contribution in [3.05, 3.63) is 57.0 Å². The number of carbonyl (C=O) groups excluding carboxylic acids is 1. The van der Waals surface area contributed by atoms with Gasteiger partial charge in [-0.05, 0) is 64.3 Å². The summed E-state index contributed by atoms with van der Waals surface area (Å²) in [6, 6.07) is 13.1. The Morgan fingerprint density at radius 3 is 2.50 bits per heavy atom. The van der Waals surface area contributed by atoms with Crippen molar-refractivity contribution in [3.63, 3.8) is 0 Å². The van der Waals surface area contributed by atoms with Gasteiger partial charge in [0.05, 0.1) is 11.6 Å². The maximum absolute atomic E-state index is 11.8. The third-order valence-corrected chi connectivity index (χ3v) is 4.17. The minimum atomic E-state index is -0.213. The first-order valence-corrected chi connectivity index (χ1v) is 8.30. The number of nitrogens with one attached hydrogen (secondary N) is 2. The van der Waals surface area contributed by atoms with Crippen LogP contribution >= 0.6 is 31.9 Å². The molecule has 2 rings (SSSR count). The molecule has 22 heavy (non-hydrogen) atoms. The number of methoxy groups -OCH3 is 1. The van der Waals surface area contributed by atoms with Crippen molar-refractivity contribution in [3.8, 4) is 5.75 Å². The first-order valence-electron chi connectivity index (χ1n) is 6.71. The molecule has 2 aromatic rings. The Morgan fingerprint density at radius 1 is 1.14 bits per heavy atom. The molecule has 0 radical (unpaired) electrons. The van der Waals surface area contributed by atoms with Gasteiger partial charge in [0.1, 0.15) is 5.75 Å². The standard InChI is InChI=1S/C16H16Br2N2O2/c1-22-15-7-2-11(10-14(15)18)8-9-19-16(21)20-13-5-3-12(17)4-6-13/h2-7,10H,8-9H2,1H3,(H2,19,20,21). The molecule has 4 nitrogen and oxygen atoms in total. The normalized spacial score (nSPS) is 10.1. The lowest BCUT2D eigenvalue weighted by Gasteiger charge is -2.09. The molecule has 2 N–H and O–H groups in total. The van der Waals surface area contributed by atoms with Crippen LogP contribution in [0.15, 0.2) is 51.4 Å². The van der Waals surface area contributed by atoms with Crippen LogP contribution < -0.4 is 15.4 Å². The maximum Gasteiger partial charge on any atom is 0.319 e. The summed E-state index contributed by atoms with van der Waals surface area (Å²) >= 11 is 6.80. The van der Waals surface area contributed by atoms with Crippen LogP contribution in [0.25, 0.3) is 0 Å². The Morgan fingerprint density at radius 2 is 1.86 bits per heavy atom. The van der Waals surface area contributed by atoms with E-state index in [1.807, 2.05) is 42.5 Å². The van der Waals surface area contributed by atoms with Crippen molar-refractivity contribution < 1.29 is 9.53 Å². The fraction of sp³-hybridized carbons (Fsp3) is 0.188. The number of benzene rings is 2. The number of anilines is 1. The van der Waals surface area contributed by atoms with Crippen molar-refractivity contribution in [2.45, 2.75) is 6.42 Å². The number of rotatable bonds is 5. The number of urea groups is 1. The topological polar surface area (TPSA) is 50.4 Å². The van der Waals surface area contributed by atoms with Crippen LogP contribution in [0.3, 0.4) is 0 Å². The van der Waals surface area contributed by atoms with E-state index in [2.05, 4.69) is 42.5 Å². The Balaban J connectivity index is 1.79. The molecule has 0 aliphatic carbocycles. The molecule has 0 saturated carbocycles. The molecule has 0 heterocycles. The van der Waals surface area contributed by atoms with Gasteiger partial charge in [0.25, 0.3) is 0 Å². The summed E-state index contributed by atoms with van der Waals surface area (Å²) in [5, 5.41) is 5.62. The van der Waals surface area contributed by atoms with Crippen LogP contribution in [0.1, 0.15) is 5.56 Å². The lowest BCUT2D eigenvalue weighted by atomic mass is 10.1. The maximum atomic E-state index is 11.8. The molecular formula is C16H16Br2N2O2. The van der Waals surface area contributed by atoms with E-state index in [-0.39, 0.29) is 6.03 Å². The molecule has 0 spiro atoms. The van der Waals surface area contributed by atoms with Gasteiger partial charge in [0.2, 0.25) is 0 Å². The zero-order valence-corrected chi connectivity index (χ0v) is 15.2. The quantitative estimate of drug-likeness (QED) is 0.733. The Hall–Kier alpha value is -1.53. The fourth-order valence-corrected chi connectivity index (χ4v) is 2.75. The first-order chi connectivity index (χ1) is 10.6. The van der Waals surface area contributed by atoms with Crippen LogP contribution in [0.5, 0.6) is 5.75 Å². The fourth-order valence-electron chi connectivity index (χ4n) is 1.89. The second kappa shape index (κ2) is 8.19. The van der Waals surface area contributed by atoms with Crippen molar-refractivity contribution in [1.82, 2.24) is 5.32 Å². The molecule has 0 unspecified atom stereocenters. The second-order valence-corrected chi connectivity index (χ2v) is 6.38. The number of hydrogen-bond acceptors (Lipinski definition) is 2. The highest BCUT2D eigenvalue weighted by molar-refractivity contribution is 9.10. The number of amides is 2. The Bertz CT molecular complexity index is 645. The third-order valence-electron chi connectivity index (χ3n) is 3.02. The van der Waals surface area contributed by atoms with Crippen LogP contribution in [-0.4, -0.2) is 19.7 Å². The minimum absolute atomic E-state index is 0.213. The summed E-state index contributed by atoms with van der Waals surface area (Å²) in [5.41, 5.74) is 1.88. The SMILES string of the molecule is COc1ccc(CCNC(=O)Nc2ccc(Br)cc2)cc1Br. The van der Waals surface area contributed by atoms with Gasteiger partial charge in [0.15, 0.2) is 0 Å². The number of carbonyl (C=O) groups is 1. The monoisotopic (exact) mass is 426 g/mol. The molecule has 0 atom stereocenters. The van der Waals surface area contributed by atoms with Gasteiger partial charge in [-0.15, -0.1) is 0 Å². The van der Waals surface area contributed by atoms with Gasteiger partial charge < -0.3 is 15.4 Å². The minimum Gasteiger partial charge on any atom is -0.496 e. The van der Waals surface area contributed by atoms with E-state index in [0.717, 1.165) is 32.4 Å². The van der Waals surface area contributed by atoms with E-state index in [1.165, 1.54) is 0 Å². The molecule has 2 amide bonds. The zero-order valence-electron chi connectivity index (χ0n) is 12.0. The van der Waals surface area contributed by atoms with E-state index in [4.69, 9.17) is 4.74 Å². The summed E-state index contributed by atoms with van der Waals surface area (Å²) in [6.07, 6.45) is 0.746. The average molecular weight is 428 g/mol. The highest BCUT2D eigenvalue weighted by Crippen LogP contribution is 2.25. The molecule has 2 aromatic carbocycles. The molecule has 0 aromatic heterocycles. The largest absolute Gasteiger partial charge is 0.496 e. The van der Waals surface area contributed by atoms with Gasteiger partial charge >= 0.3 is 6.03 Å². The lowest BCUT2D eigenvalue weighted by Crippen LogP contribution is -2.30. The van der Waals surface area contributed by atoms with E-state index < -0.39 is 0 Å². The molecule has 116 valence electrons. The lowest BCUT2D eigenvalue weighted by molar-refractivity contribution is 0.252. The van der Waals surface area contributed by atoms with Crippen LogP contribution in [0.4, 0.5) is 10.5 Å². The van der Waals surface area contributed by atoms with Crippen LogP contribution in [0, 0.1) is 0 Å². The highest BCUT2D eigenvalue weighted by atomic mass is 79.9. The number of ether oxygens (including phenoxy) is 1. The van der Waals surface area contributed by atoms with Gasteiger partial charge in [-0.1, -0.05) is 22.0 Å². The van der Waals surface area contributed by atoms with Gasteiger partial charge in [0, 0.05) is 16.7 Å². The van der Waals surface area contributed by atoms with Crippen molar-refractivity contribution in [1.29, 1.82) is 0 Å². The molecular weight excluding hydrogens is 412 g/mol. The summed E-state index contributed by atoms with van der Waals surface area (Å²) in [4.78, 5) is 11.8. The molecule has 0 aliphatic rings. The predicted octanol–water partition coefficient (Wildman–Crippen LogP) is 4.58. The second-order valence-electron chi connectivity index (χ2n) is 4.61. The van der Waals surface area contributed by atoms with E-state index in [0.29, 0.717) is 6.54 Å². The molecule has 0 saturated heterocycles. The van der Waals surface area contributed by atoms with E-state index in [9.17, 15) is 4.79 Å². The Kier molecular flexibility index (Phi) is 6.27. The Labute approximate surface area is 146 Å². The van der Waals surface area contributed by atoms with E-state index >= 15 is 0 Å². The number of halogens is 2. The van der Waals surface area contributed by atoms with Crippen molar-refractivity contribution >= 4 is 43.6 Å². The molecule has 0 fully saturated rings. The highest BCUT2D eigenvalue weighted by Gasteiger charge is 2.04. The summed E-state index contributed by atoms with van der Waals surface area (Å²) in [7, 11) is 1.63. The van der Waals surface area contributed by atoms with Gasteiger partial charge in [-0.25, -0.2) is 4.79 Å². The van der Waals surface area contributed by atoms with Crippen LogP contribution in [0.2, 0.25) is 0 Å². The zero-order chi connectivity index (χ0) is 15.9. The van der Waals surface area contributed by atoms with E-state index in [1.54, 1.807) is 7.11 Å². The predicted molar refractivity (Wildman–Crippen MR) is 95.6 cm³/mol. The first kappa shape index (κ1) is 16.8. The summed E-state index contributed by atoms with van der Waals surface area (Å²) < 4.78 is 7.07. The molecule has 6 heteroatoms. The summed E-state index contributed by atoms with van der Waals surface area (Å²) in [6.45, 7) is 0.557. The van der Waals surface area contributed by atoms with Crippen molar-refractivity contribution in [2.75, 3.05) is 19.0 Å². The molecule has 0 aliphatic heterocycles. The number of hydrogen-bond donors (Lipinski definition) is 2. The van der Waals surface area contributed by atoms with Gasteiger partial charge in [-0.3, -0.25) is 0 Å². The average Bonchev–Trinajstić information content (AvgIpc) is 2.50. The van der Waals surface area contributed by atoms with Gasteiger partial charge in [-0.2, -0.15) is 0 Å². The van der Waals surface area contributed by atoms with Crippen LogP contribution in [-0.2, 0) is 6.42 Å². The molecule has 0 bridgehead atoms. The smallest absolute Gasteiger partial charge is 0.319 e.